The lowest BCUT2D eigenvalue weighted by Gasteiger charge is -2.08. The monoisotopic (exact) mass is 410 g/mol. The molecule has 2 N–H and O–H groups in total. The summed E-state index contributed by atoms with van der Waals surface area (Å²) >= 11 is 1.58. The van der Waals surface area contributed by atoms with Crippen LogP contribution < -0.4 is 4.72 Å². The predicted molar refractivity (Wildman–Crippen MR) is 112 cm³/mol. The first kappa shape index (κ1) is 18.4. The highest BCUT2D eigenvalue weighted by atomic mass is 32.2. The summed E-state index contributed by atoms with van der Waals surface area (Å²) in [6, 6.07) is 17.2. The first-order chi connectivity index (χ1) is 13.4. The molecule has 2 aromatic carbocycles. The van der Waals surface area contributed by atoms with Gasteiger partial charge in [-0.05, 0) is 26.0 Å². The Morgan fingerprint density at radius 1 is 0.964 bits per heavy atom. The maximum atomic E-state index is 12.6. The van der Waals surface area contributed by atoms with Gasteiger partial charge >= 0.3 is 0 Å². The lowest BCUT2D eigenvalue weighted by molar-refractivity contribution is 0.600. The lowest BCUT2D eigenvalue weighted by atomic mass is 10.1. The number of H-pyrrole nitrogens is 1. The molecule has 0 aliphatic heterocycles. The highest BCUT2D eigenvalue weighted by molar-refractivity contribution is 7.92. The van der Waals surface area contributed by atoms with Gasteiger partial charge in [0.2, 0.25) is 0 Å². The maximum Gasteiger partial charge on any atom is 0.265 e. The number of nitrogens with one attached hydrogen (secondary N) is 2. The van der Waals surface area contributed by atoms with Crippen molar-refractivity contribution in [2.45, 2.75) is 18.7 Å². The second-order valence-corrected chi connectivity index (χ2v) is 8.83. The van der Waals surface area contributed by atoms with E-state index in [4.69, 9.17) is 0 Å². The summed E-state index contributed by atoms with van der Waals surface area (Å²) < 4.78 is 27.9. The Morgan fingerprint density at radius 2 is 1.68 bits per heavy atom. The Labute approximate surface area is 167 Å². The van der Waals surface area contributed by atoms with Crippen LogP contribution >= 0.6 is 11.3 Å². The molecule has 8 heteroatoms. The molecular weight excluding hydrogens is 392 g/mol. The number of benzene rings is 2. The standard InChI is InChI=1S/C20H18N4O2S2/c1-13-19(14(2)23-22-13)28(25,26)24-17-10-8-15(9-11-17)18-12-27-20(21-18)16-6-4-3-5-7-16/h3-12,24H,1-2H3,(H,22,23). The van der Waals surface area contributed by atoms with E-state index in [2.05, 4.69) is 19.9 Å². The maximum absolute atomic E-state index is 12.6. The number of thiazole rings is 1. The summed E-state index contributed by atoms with van der Waals surface area (Å²) in [5.41, 5.74) is 4.31. The van der Waals surface area contributed by atoms with E-state index in [1.54, 1.807) is 37.3 Å². The van der Waals surface area contributed by atoms with Gasteiger partial charge < -0.3 is 0 Å². The molecule has 0 aliphatic carbocycles. The van der Waals surface area contributed by atoms with Crippen LogP contribution in [0.5, 0.6) is 0 Å². The van der Waals surface area contributed by atoms with E-state index in [1.165, 1.54) is 0 Å². The molecule has 0 bridgehead atoms. The molecule has 2 heterocycles. The molecule has 6 nitrogen and oxygen atoms in total. The molecule has 142 valence electrons. The van der Waals surface area contributed by atoms with Gasteiger partial charge in [0.1, 0.15) is 9.90 Å². The fraction of sp³-hybridized carbons (Fsp3) is 0.100. The fourth-order valence-electron chi connectivity index (χ4n) is 2.97. The van der Waals surface area contributed by atoms with Crippen LogP contribution in [0.4, 0.5) is 5.69 Å². The summed E-state index contributed by atoms with van der Waals surface area (Å²) in [7, 11) is -3.70. The van der Waals surface area contributed by atoms with E-state index in [1.807, 2.05) is 47.8 Å². The van der Waals surface area contributed by atoms with Gasteiger partial charge in [0, 0.05) is 22.2 Å². The molecule has 0 radical (unpaired) electrons. The van der Waals surface area contributed by atoms with Gasteiger partial charge in [0.05, 0.1) is 17.1 Å². The number of aryl methyl sites for hydroxylation is 2. The zero-order valence-corrected chi connectivity index (χ0v) is 16.9. The van der Waals surface area contributed by atoms with Crippen molar-refractivity contribution < 1.29 is 8.42 Å². The van der Waals surface area contributed by atoms with Crippen molar-refractivity contribution in [1.29, 1.82) is 0 Å². The molecule has 4 aromatic rings. The molecule has 2 aromatic heterocycles. The second kappa shape index (κ2) is 7.21. The van der Waals surface area contributed by atoms with E-state index in [0.717, 1.165) is 21.8 Å². The van der Waals surface area contributed by atoms with E-state index in [-0.39, 0.29) is 4.90 Å². The van der Waals surface area contributed by atoms with Gasteiger partial charge in [-0.3, -0.25) is 9.82 Å². The summed E-state index contributed by atoms with van der Waals surface area (Å²) in [6.07, 6.45) is 0. The second-order valence-electron chi connectivity index (χ2n) is 6.35. The van der Waals surface area contributed by atoms with Crippen LogP contribution in [0.3, 0.4) is 0 Å². The van der Waals surface area contributed by atoms with Gasteiger partial charge in [-0.1, -0.05) is 42.5 Å². The average molecular weight is 411 g/mol. The highest BCUT2D eigenvalue weighted by Gasteiger charge is 2.22. The Kier molecular flexibility index (Phi) is 4.74. The van der Waals surface area contributed by atoms with Crippen molar-refractivity contribution in [3.8, 4) is 21.8 Å². The van der Waals surface area contributed by atoms with Gasteiger partial charge in [-0.15, -0.1) is 11.3 Å². The minimum atomic E-state index is -3.70. The summed E-state index contributed by atoms with van der Waals surface area (Å²) in [5, 5.41) is 9.60. The van der Waals surface area contributed by atoms with E-state index < -0.39 is 10.0 Å². The minimum absolute atomic E-state index is 0.184. The molecule has 0 spiro atoms. The number of rotatable bonds is 5. The first-order valence-corrected chi connectivity index (χ1v) is 11.0. The molecule has 0 aliphatic rings. The zero-order valence-electron chi connectivity index (χ0n) is 15.3. The Hall–Kier alpha value is -2.97. The molecule has 0 saturated heterocycles. The number of hydrogen-bond acceptors (Lipinski definition) is 5. The number of nitrogens with zero attached hydrogens (tertiary/aromatic N) is 2. The van der Waals surface area contributed by atoms with Gasteiger partial charge in [0.15, 0.2) is 0 Å². The quantitative estimate of drug-likeness (QED) is 0.503. The SMILES string of the molecule is Cc1n[nH]c(C)c1S(=O)(=O)Nc1ccc(-c2csc(-c3ccccc3)n2)cc1. The average Bonchev–Trinajstić information content (AvgIpc) is 3.30. The number of hydrogen-bond donors (Lipinski definition) is 2. The topological polar surface area (TPSA) is 87.7 Å². The molecule has 0 fully saturated rings. The molecule has 0 saturated carbocycles. The number of aromatic nitrogens is 3. The Morgan fingerprint density at radius 3 is 2.32 bits per heavy atom. The van der Waals surface area contributed by atoms with Gasteiger partial charge in [-0.2, -0.15) is 5.10 Å². The smallest absolute Gasteiger partial charge is 0.265 e. The van der Waals surface area contributed by atoms with Crippen molar-refractivity contribution in [2.75, 3.05) is 4.72 Å². The third kappa shape index (κ3) is 3.56. The van der Waals surface area contributed by atoms with Crippen molar-refractivity contribution in [2.24, 2.45) is 0 Å². The van der Waals surface area contributed by atoms with Gasteiger partial charge in [0.25, 0.3) is 10.0 Å². The van der Waals surface area contributed by atoms with Crippen molar-refractivity contribution in [3.63, 3.8) is 0 Å². The molecule has 4 rings (SSSR count). The highest BCUT2D eigenvalue weighted by Crippen LogP contribution is 2.29. The summed E-state index contributed by atoms with van der Waals surface area (Å²) in [4.78, 5) is 4.87. The fourth-order valence-corrected chi connectivity index (χ4v) is 5.24. The van der Waals surface area contributed by atoms with E-state index in [0.29, 0.717) is 17.1 Å². The molecule has 0 unspecified atom stereocenters. The third-order valence-electron chi connectivity index (χ3n) is 4.29. The Balaban J connectivity index is 1.56. The van der Waals surface area contributed by atoms with Crippen LogP contribution in [0.1, 0.15) is 11.4 Å². The van der Waals surface area contributed by atoms with Gasteiger partial charge in [-0.25, -0.2) is 13.4 Å². The third-order valence-corrected chi connectivity index (χ3v) is 6.82. The predicted octanol–water partition coefficient (Wildman–Crippen LogP) is 4.62. The molecule has 0 amide bonds. The zero-order chi connectivity index (χ0) is 19.7. The number of anilines is 1. The molecule has 0 atom stereocenters. The van der Waals surface area contributed by atoms with Crippen molar-refractivity contribution >= 4 is 27.0 Å². The number of aromatic amines is 1. The largest absolute Gasteiger partial charge is 0.281 e. The van der Waals surface area contributed by atoms with E-state index in [9.17, 15) is 8.42 Å². The van der Waals surface area contributed by atoms with Crippen LogP contribution in [0.15, 0.2) is 64.9 Å². The summed E-state index contributed by atoms with van der Waals surface area (Å²) in [5.74, 6) is 0. The van der Waals surface area contributed by atoms with Crippen LogP contribution in [0.2, 0.25) is 0 Å². The normalized spacial score (nSPS) is 11.5. The Bertz CT molecular complexity index is 1190. The van der Waals surface area contributed by atoms with Crippen molar-refractivity contribution in [1.82, 2.24) is 15.2 Å². The lowest BCUT2D eigenvalue weighted by Crippen LogP contribution is -2.14. The van der Waals surface area contributed by atoms with Crippen molar-refractivity contribution in [3.05, 3.63) is 71.4 Å². The van der Waals surface area contributed by atoms with E-state index >= 15 is 0 Å². The first-order valence-electron chi connectivity index (χ1n) is 8.60. The van der Waals surface area contributed by atoms with Crippen LogP contribution in [-0.4, -0.2) is 23.6 Å². The minimum Gasteiger partial charge on any atom is -0.281 e. The van der Waals surface area contributed by atoms with Crippen LogP contribution in [0, 0.1) is 13.8 Å². The molecular formula is C20H18N4O2S2. The molecule has 28 heavy (non-hydrogen) atoms. The number of sulfonamides is 1. The summed E-state index contributed by atoms with van der Waals surface area (Å²) in [6.45, 7) is 3.35. The van der Waals surface area contributed by atoms with Crippen LogP contribution in [0.25, 0.3) is 21.8 Å². The van der Waals surface area contributed by atoms with Crippen LogP contribution in [-0.2, 0) is 10.0 Å².